The van der Waals surface area contributed by atoms with Gasteiger partial charge in [0.1, 0.15) is 12.3 Å². The number of ether oxygens (including phenoxy) is 1. The van der Waals surface area contributed by atoms with E-state index in [1.54, 1.807) is 54.6 Å². The van der Waals surface area contributed by atoms with Gasteiger partial charge in [-0.05, 0) is 61.9 Å². The zero-order chi connectivity index (χ0) is 23.1. The summed E-state index contributed by atoms with van der Waals surface area (Å²) >= 11 is 6.15. The van der Waals surface area contributed by atoms with E-state index in [9.17, 15) is 13.2 Å². The zero-order valence-corrected chi connectivity index (χ0v) is 19.5. The molecule has 0 fully saturated rings. The summed E-state index contributed by atoms with van der Waals surface area (Å²) in [4.78, 5) is 12.8. The first-order valence-electron chi connectivity index (χ1n) is 10.1. The molecular formula is C24H25ClN2O4S. The van der Waals surface area contributed by atoms with Gasteiger partial charge in [0, 0.05) is 11.6 Å². The van der Waals surface area contributed by atoms with E-state index >= 15 is 0 Å². The molecule has 1 amide bonds. The second-order valence-electron chi connectivity index (χ2n) is 7.12. The second-order valence-corrected chi connectivity index (χ2v) is 9.39. The molecule has 0 spiro atoms. The lowest BCUT2D eigenvalue weighted by Crippen LogP contribution is -2.40. The van der Waals surface area contributed by atoms with Crippen LogP contribution >= 0.6 is 11.6 Å². The molecule has 0 aliphatic carbocycles. The first-order chi connectivity index (χ1) is 15.3. The average molecular weight is 473 g/mol. The molecule has 168 valence electrons. The lowest BCUT2D eigenvalue weighted by Gasteiger charge is -2.24. The maximum atomic E-state index is 13.4. The van der Waals surface area contributed by atoms with E-state index in [4.69, 9.17) is 16.3 Å². The van der Waals surface area contributed by atoms with Crippen LogP contribution in [0.2, 0.25) is 5.02 Å². The lowest BCUT2D eigenvalue weighted by atomic mass is 10.2. The number of halogens is 1. The monoisotopic (exact) mass is 472 g/mol. The van der Waals surface area contributed by atoms with Crippen molar-refractivity contribution < 1.29 is 17.9 Å². The van der Waals surface area contributed by atoms with Crippen molar-refractivity contribution in [3.05, 3.63) is 88.9 Å². The summed E-state index contributed by atoms with van der Waals surface area (Å²) in [6.07, 6.45) is 0. The molecule has 3 rings (SSSR count). The Hall–Kier alpha value is -3.03. The van der Waals surface area contributed by atoms with Crippen LogP contribution in [0, 0.1) is 6.92 Å². The highest BCUT2D eigenvalue weighted by atomic mass is 35.5. The summed E-state index contributed by atoms with van der Waals surface area (Å²) in [5.41, 5.74) is 2.05. The van der Waals surface area contributed by atoms with Crippen LogP contribution in [0.25, 0.3) is 0 Å². The van der Waals surface area contributed by atoms with Gasteiger partial charge in [0.15, 0.2) is 0 Å². The average Bonchev–Trinajstić information content (AvgIpc) is 2.78. The van der Waals surface area contributed by atoms with Crippen LogP contribution < -0.4 is 14.4 Å². The summed E-state index contributed by atoms with van der Waals surface area (Å²) in [6, 6.07) is 20.3. The van der Waals surface area contributed by atoms with Crippen molar-refractivity contribution >= 4 is 33.2 Å². The Morgan fingerprint density at radius 3 is 2.28 bits per heavy atom. The smallest absolute Gasteiger partial charge is 0.264 e. The number of carbonyl (C=O) groups is 1. The number of nitrogens with one attached hydrogen (secondary N) is 1. The topological polar surface area (TPSA) is 75.7 Å². The number of benzene rings is 3. The predicted octanol–water partition coefficient (Wildman–Crippen LogP) is 4.56. The summed E-state index contributed by atoms with van der Waals surface area (Å²) in [5.74, 6) is 0.168. The summed E-state index contributed by atoms with van der Waals surface area (Å²) in [6.45, 7) is 4.05. The molecule has 8 heteroatoms. The summed E-state index contributed by atoms with van der Waals surface area (Å²) in [7, 11) is -3.98. The molecule has 0 aliphatic rings. The van der Waals surface area contributed by atoms with E-state index in [-0.39, 0.29) is 18.0 Å². The molecule has 0 atom stereocenters. The van der Waals surface area contributed by atoms with Crippen LogP contribution in [0.4, 0.5) is 5.69 Å². The van der Waals surface area contributed by atoms with Gasteiger partial charge in [-0.15, -0.1) is 0 Å². The maximum Gasteiger partial charge on any atom is 0.264 e. The van der Waals surface area contributed by atoms with Crippen molar-refractivity contribution in [1.82, 2.24) is 5.32 Å². The maximum absolute atomic E-state index is 13.4. The fourth-order valence-electron chi connectivity index (χ4n) is 3.05. The highest BCUT2D eigenvalue weighted by molar-refractivity contribution is 7.92. The van der Waals surface area contributed by atoms with E-state index in [0.717, 1.165) is 15.4 Å². The summed E-state index contributed by atoms with van der Waals surface area (Å²) in [5, 5.41) is 3.28. The van der Waals surface area contributed by atoms with Crippen LogP contribution in [0.1, 0.15) is 18.1 Å². The number of aryl methyl sites for hydroxylation is 1. The zero-order valence-electron chi connectivity index (χ0n) is 17.9. The Morgan fingerprint density at radius 1 is 1.00 bits per heavy atom. The third-order valence-corrected chi connectivity index (χ3v) is 6.92. The molecule has 3 aromatic carbocycles. The Labute approximate surface area is 193 Å². The van der Waals surface area contributed by atoms with Crippen molar-refractivity contribution in [1.29, 1.82) is 0 Å². The fraction of sp³-hybridized carbons (Fsp3) is 0.208. The highest BCUT2D eigenvalue weighted by Gasteiger charge is 2.27. The van der Waals surface area contributed by atoms with Crippen LogP contribution in [0.5, 0.6) is 5.75 Å². The lowest BCUT2D eigenvalue weighted by molar-refractivity contribution is -0.119. The third kappa shape index (κ3) is 5.81. The molecule has 0 bridgehead atoms. The fourth-order valence-corrected chi connectivity index (χ4v) is 4.67. The van der Waals surface area contributed by atoms with Crippen molar-refractivity contribution in [2.24, 2.45) is 0 Å². The van der Waals surface area contributed by atoms with Crippen LogP contribution in [-0.4, -0.2) is 27.5 Å². The van der Waals surface area contributed by atoms with E-state index in [0.29, 0.717) is 23.1 Å². The van der Waals surface area contributed by atoms with Gasteiger partial charge in [-0.1, -0.05) is 47.5 Å². The van der Waals surface area contributed by atoms with Crippen molar-refractivity contribution in [3.8, 4) is 5.75 Å². The number of anilines is 1. The second kappa shape index (κ2) is 10.5. The normalized spacial score (nSPS) is 11.1. The molecule has 32 heavy (non-hydrogen) atoms. The number of hydrogen-bond donors (Lipinski definition) is 1. The number of sulfonamides is 1. The minimum absolute atomic E-state index is 0.107. The van der Waals surface area contributed by atoms with Crippen molar-refractivity contribution in [2.45, 2.75) is 25.3 Å². The van der Waals surface area contributed by atoms with Crippen molar-refractivity contribution in [3.63, 3.8) is 0 Å². The van der Waals surface area contributed by atoms with E-state index in [1.807, 2.05) is 19.9 Å². The number of amides is 1. The number of hydrogen-bond acceptors (Lipinski definition) is 4. The third-order valence-electron chi connectivity index (χ3n) is 4.77. The van der Waals surface area contributed by atoms with Gasteiger partial charge in [-0.25, -0.2) is 8.42 Å². The van der Waals surface area contributed by atoms with Gasteiger partial charge in [-0.2, -0.15) is 0 Å². The minimum Gasteiger partial charge on any atom is -0.494 e. The van der Waals surface area contributed by atoms with Crippen LogP contribution in [0.3, 0.4) is 0 Å². The van der Waals surface area contributed by atoms with Crippen molar-refractivity contribution in [2.75, 3.05) is 17.5 Å². The first-order valence-corrected chi connectivity index (χ1v) is 12.0. The number of rotatable bonds is 9. The van der Waals surface area contributed by atoms with Gasteiger partial charge in [0.05, 0.1) is 17.2 Å². The SMILES string of the molecule is CCOc1ccc(N(CC(=O)NCc2ccccc2Cl)S(=O)(=O)c2ccc(C)cc2)cc1. The Kier molecular flexibility index (Phi) is 7.77. The van der Waals surface area contributed by atoms with E-state index in [1.165, 1.54) is 12.1 Å². The van der Waals surface area contributed by atoms with Gasteiger partial charge < -0.3 is 10.1 Å². The molecule has 0 unspecified atom stereocenters. The standard InChI is InChI=1S/C24H25ClN2O4S/c1-3-31-21-12-10-20(11-13-21)27(32(29,30)22-14-8-18(2)9-15-22)17-24(28)26-16-19-6-4-5-7-23(19)25/h4-15H,3,16-17H2,1-2H3,(H,26,28). The molecule has 0 saturated heterocycles. The predicted molar refractivity (Wildman–Crippen MR) is 127 cm³/mol. The molecule has 6 nitrogen and oxygen atoms in total. The molecule has 0 heterocycles. The van der Waals surface area contributed by atoms with E-state index < -0.39 is 15.9 Å². The molecular weight excluding hydrogens is 448 g/mol. The van der Waals surface area contributed by atoms with Gasteiger partial charge in [-0.3, -0.25) is 9.10 Å². The molecule has 0 aromatic heterocycles. The van der Waals surface area contributed by atoms with Crippen LogP contribution in [-0.2, 0) is 21.4 Å². The molecule has 1 N–H and O–H groups in total. The summed E-state index contributed by atoms with van der Waals surface area (Å²) < 4.78 is 33.4. The van der Waals surface area contributed by atoms with Gasteiger partial charge in [0.25, 0.3) is 10.0 Å². The molecule has 3 aromatic rings. The largest absolute Gasteiger partial charge is 0.494 e. The molecule has 0 aliphatic heterocycles. The highest BCUT2D eigenvalue weighted by Crippen LogP contribution is 2.26. The quantitative estimate of drug-likeness (QED) is 0.495. The first kappa shape index (κ1) is 23.6. The molecule has 0 saturated carbocycles. The number of carbonyl (C=O) groups excluding carboxylic acids is 1. The number of nitrogens with zero attached hydrogens (tertiary/aromatic N) is 1. The minimum atomic E-state index is -3.98. The van der Waals surface area contributed by atoms with E-state index in [2.05, 4.69) is 5.32 Å². The Bertz CT molecular complexity index is 1160. The van der Waals surface area contributed by atoms with Crippen LogP contribution in [0.15, 0.2) is 77.7 Å². The Morgan fingerprint density at radius 2 is 1.66 bits per heavy atom. The van der Waals surface area contributed by atoms with Gasteiger partial charge in [0.2, 0.25) is 5.91 Å². The molecule has 0 radical (unpaired) electrons. The Balaban J connectivity index is 1.86. The van der Waals surface area contributed by atoms with Gasteiger partial charge >= 0.3 is 0 Å².